The van der Waals surface area contributed by atoms with Gasteiger partial charge in [0, 0.05) is 23.8 Å². The molecule has 0 bridgehead atoms. The molecular weight excluding hydrogens is 236 g/mol. The molecule has 0 spiro atoms. The highest BCUT2D eigenvalue weighted by molar-refractivity contribution is 6.31. The molecule has 2 rings (SSSR count). The summed E-state index contributed by atoms with van der Waals surface area (Å²) in [4.78, 5) is 7.12. The molecule has 1 fully saturated rings. The molecule has 0 aromatic heterocycles. The van der Waals surface area contributed by atoms with E-state index in [2.05, 4.69) is 17.9 Å². The van der Waals surface area contributed by atoms with Crippen LogP contribution in [0.25, 0.3) is 0 Å². The third-order valence-electron chi connectivity index (χ3n) is 3.53. The van der Waals surface area contributed by atoms with Crippen LogP contribution >= 0.6 is 11.6 Å². The predicted molar refractivity (Wildman–Crippen MR) is 71.3 cm³/mol. The molecule has 0 unspecified atom stereocenters. The van der Waals surface area contributed by atoms with Gasteiger partial charge in [0.1, 0.15) is 0 Å². The van der Waals surface area contributed by atoms with Gasteiger partial charge in [0.2, 0.25) is 0 Å². The van der Waals surface area contributed by atoms with Crippen LogP contribution in [0, 0.1) is 12.8 Å². The number of piperidine rings is 1. The molecule has 3 nitrogen and oxygen atoms in total. The summed E-state index contributed by atoms with van der Waals surface area (Å²) >= 11 is 6.15. The van der Waals surface area contributed by atoms with E-state index < -0.39 is 0 Å². The van der Waals surface area contributed by atoms with Crippen LogP contribution in [-0.4, -0.2) is 19.7 Å². The van der Waals surface area contributed by atoms with Gasteiger partial charge in [0.05, 0.1) is 6.61 Å². The minimum Gasteiger partial charge on any atom is -0.371 e. The van der Waals surface area contributed by atoms with Crippen molar-refractivity contribution in [2.75, 3.05) is 24.6 Å². The van der Waals surface area contributed by atoms with Gasteiger partial charge in [-0.2, -0.15) is 0 Å². The maximum atomic E-state index is 6.15. The van der Waals surface area contributed by atoms with Gasteiger partial charge >= 0.3 is 0 Å². The van der Waals surface area contributed by atoms with E-state index in [1.165, 1.54) is 11.3 Å². The van der Waals surface area contributed by atoms with Crippen molar-refractivity contribution in [2.24, 2.45) is 11.8 Å². The molecule has 1 aromatic rings. The zero-order valence-electron chi connectivity index (χ0n) is 10.2. The van der Waals surface area contributed by atoms with Crippen LogP contribution in [0.1, 0.15) is 18.4 Å². The van der Waals surface area contributed by atoms with Gasteiger partial charge in [0.15, 0.2) is 0 Å². The van der Waals surface area contributed by atoms with E-state index in [-0.39, 0.29) is 0 Å². The van der Waals surface area contributed by atoms with Crippen molar-refractivity contribution in [1.29, 1.82) is 0 Å². The highest BCUT2D eigenvalue weighted by Crippen LogP contribution is 2.29. The fraction of sp³-hybridized carbons (Fsp3) is 0.538. The Hall–Kier alpha value is -0.770. The van der Waals surface area contributed by atoms with Gasteiger partial charge in [-0.05, 0) is 43.4 Å². The maximum Gasteiger partial charge on any atom is 0.0708 e. The largest absolute Gasteiger partial charge is 0.371 e. The Bertz CT molecular complexity index is 376. The first-order valence-electron chi connectivity index (χ1n) is 6.04. The van der Waals surface area contributed by atoms with Gasteiger partial charge < -0.3 is 9.74 Å². The van der Waals surface area contributed by atoms with E-state index in [1.54, 1.807) is 0 Å². The topological polar surface area (TPSA) is 38.5 Å². The second-order valence-electron chi connectivity index (χ2n) is 4.65. The van der Waals surface area contributed by atoms with Gasteiger partial charge in [-0.25, -0.2) is 5.90 Å². The Morgan fingerprint density at radius 3 is 2.76 bits per heavy atom. The number of hydrogen-bond donors (Lipinski definition) is 1. The summed E-state index contributed by atoms with van der Waals surface area (Å²) in [6, 6.07) is 6.09. The van der Waals surface area contributed by atoms with Crippen LogP contribution in [0.4, 0.5) is 5.69 Å². The fourth-order valence-electron chi connectivity index (χ4n) is 2.42. The van der Waals surface area contributed by atoms with Gasteiger partial charge in [0.25, 0.3) is 0 Å². The van der Waals surface area contributed by atoms with E-state index in [0.717, 1.165) is 31.0 Å². The first kappa shape index (κ1) is 12.7. The average molecular weight is 255 g/mol. The SMILES string of the molecule is Cc1c(Cl)cccc1N1CCC(CON)CC1. The van der Waals surface area contributed by atoms with Crippen LogP contribution < -0.4 is 10.8 Å². The van der Waals surface area contributed by atoms with Crippen LogP contribution in [0.2, 0.25) is 5.02 Å². The van der Waals surface area contributed by atoms with E-state index in [1.807, 2.05) is 12.1 Å². The molecule has 0 saturated carbocycles. The molecule has 1 saturated heterocycles. The van der Waals surface area contributed by atoms with Crippen molar-refractivity contribution >= 4 is 17.3 Å². The number of anilines is 1. The van der Waals surface area contributed by atoms with Crippen molar-refractivity contribution in [2.45, 2.75) is 19.8 Å². The quantitative estimate of drug-likeness (QED) is 0.843. The van der Waals surface area contributed by atoms with Crippen LogP contribution in [0.5, 0.6) is 0 Å². The molecular formula is C13H19ClN2O. The zero-order valence-corrected chi connectivity index (χ0v) is 10.9. The number of hydrogen-bond acceptors (Lipinski definition) is 3. The Balaban J connectivity index is 2.03. The normalized spacial score (nSPS) is 17.5. The summed E-state index contributed by atoms with van der Waals surface area (Å²) in [5.41, 5.74) is 2.42. The summed E-state index contributed by atoms with van der Waals surface area (Å²) in [5.74, 6) is 5.71. The number of halogens is 1. The van der Waals surface area contributed by atoms with E-state index in [4.69, 9.17) is 22.3 Å². The molecule has 1 aliphatic rings. The molecule has 0 radical (unpaired) electrons. The lowest BCUT2D eigenvalue weighted by Crippen LogP contribution is -2.35. The smallest absolute Gasteiger partial charge is 0.0708 e. The van der Waals surface area contributed by atoms with Crippen molar-refractivity contribution in [3.05, 3.63) is 28.8 Å². The Labute approximate surface area is 107 Å². The third-order valence-corrected chi connectivity index (χ3v) is 3.94. The second-order valence-corrected chi connectivity index (χ2v) is 5.05. The average Bonchev–Trinajstić information content (AvgIpc) is 2.34. The summed E-state index contributed by atoms with van der Waals surface area (Å²) < 4.78 is 0. The Morgan fingerprint density at radius 1 is 1.41 bits per heavy atom. The zero-order chi connectivity index (χ0) is 12.3. The van der Waals surface area contributed by atoms with Crippen molar-refractivity contribution in [1.82, 2.24) is 0 Å². The highest BCUT2D eigenvalue weighted by Gasteiger charge is 2.20. The van der Waals surface area contributed by atoms with Gasteiger partial charge in [-0.15, -0.1) is 0 Å². The second kappa shape index (κ2) is 5.71. The molecule has 17 heavy (non-hydrogen) atoms. The molecule has 1 aliphatic heterocycles. The summed E-state index contributed by atoms with van der Waals surface area (Å²) in [6.45, 7) is 4.85. The van der Waals surface area contributed by atoms with Crippen molar-refractivity contribution in [3.8, 4) is 0 Å². The lowest BCUT2D eigenvalue weighted by Gasteiger charge is -2.34. The summed E-state index contributed by atoms with van der Waals surface area (Å²) in [7, 11) is 0. The number of benzene rings is 1. The number of nitrogens with zero attached hydrogens (tertiary/aromatic N) is 1. The fourth-order valence-corrected chi connectivity index (χ4v) is 2.58. The first-order chi connectivity index (χ1) is 8.22. The van der Waals surface area contributed by atoms with Crippen molar-refractivity contribution < 1.29 is 4.84 Å². The lowest BCUT2D eigenvalue weighted by atomic mass is 9.97. The summed E-state index contributed by atoms with van der Waals surface area (Å²) in [6.07, 6.45) is 2.26. The lowest BCUT2D eigenvalue weighted by molar-refractivity contribution is 0.0918. The molecule has 0 aliphatic carbocycles. The molecule has 1 heterocycles. The molecule has 4 heteroatoms. The molecule has 2 N–H and O–H groups in total. The summed E-state index contributed by atoms with van der Waals surface area (Å²) in [5, 5.41) is 0.843. The third kappa shape index (κ3) is 2.92. The first-order valence-corrected chi connectivity index (χ1v) is 6.42. The maximum absolute atomic E-state index is 6.15. The van der Waals surface area contributed by atoms with Crippen LogP contribution in [0.15, 0.2) is 18.2 Å². The predicted octanol–water partition coefficient (Wildman–Crippen LogP) is 2.76. The molecule has 1 aromatic carbocycles. The molecule has 0 atom stereocenters. The standard InChI is InChI=1S/C13H19ClN2O/c1-10-12(14)3-2-4-13(10)16-7-5-11(6-8-16)9-17-15/h2-4,11H,5-9,15H2,1H3. The minimum absolute atomic E-state index is 0.593. The van der Waals surface area contributed by atoms with E-state index in [9.17, 15) is 0 Å². The molecule has 0 amide bonds. The Kier molecular flexibility index (Phi) is 4.26. The van der Waals surface area contributed by atoms with E-state index >= 15 is 0 Å². The monoisotopic (exact) mass is 254 g/mol. The minimum atomic E-state index is 0.593. The number of nitrogens with two attached hydrogens (primary N) is 1. The van der Waals surface area contributed by atoms with E-state index in [0.29, 0.717) is 12.5 Å². The highest BCUT2D eigenvalue weighted by atomic mass is 35.5. The van der Waals surface area contributed by atoms with Crippen LogP contribution in [0.3, 0.4) is 0 Å². The molecule has 94 valence electrons. The number of rotatable bonds is 3. The van der Waals surface area contributed by atoms with Crippen LogP contribution in [-0.2, 0) is 4.84 Å². The van der Waals surface area contributed by atoms with Gasteiger partial charge in [-0.1, -0.05) is 17.7 Å². The van der Waals surface area contributed by atoms with Crippen molar-refractivity contribution in [3.63, 3.8) is 0 Å². The van der Waals surface area contributed by atoms with Gasteiger partial charge in [-0.3, -0.25) is 0 Å². The Morgan fingerprint density at radius 2 is 2.12 bits per heavy atom.